The second-order valence-corrected chi connectivity index (χ2v) is 4.43. The maximum Gasteiger partial charge on any atom is 0.104 e. The summed E-state index contributed by atoms with van der Waals surface area (Å²) in [6.07, 6.45) is 3.88. The second kappa shape index (κ2) is 2.49. The molecule has 1 rings (SSSR count). The molecule has 0 bridgehead atoms. The second-order valence-electron chi connectivity index (χ2n) is 4.43. The maximum absolute atomic E-state index is 8.75. The first-order chi connectivity index (χ1) is 4.97. The van der Waals surface area contributed by atoms with E-state index in [1.54, 1.807) is 0 Å². The Morgan fingerprint density at radius 1 is 1.18 bits per heavy atom. The average molecular weight is 152 g/mol. The number of hydrogen-bond acceptors (Lipinski definition) is 2. The highest BCUT2D eigenvalue weighted by atomic mass is 14.7. The van der Waals surface area contributed by atoms with Gasteiger partial charge in [0.15, 0.2) is 0 Å². The van der Waals surface area contributed by atoms with Crippen molar-refractivity contribution in [3.63, 3.8) is 0 Å². The molecule has 0 saturated heterocycles. The van der Waals surface area contributed by atoms with E-state index in [2.05, 4.69) is 19.9 Å². The van der Waals surface area contributed by atoms with Crippen molar-refractivity contribution in [2.75, 3.05) is 0 Å². The maximum atomic E-state index is 8.75. The van der Waals surface area contributed by atoms with Gasteiger partial charge in [0.1, 0.15) is 5.54 Å². The minimum Gasteiger partial charge on any atom is -0.313 e. The molecule has 2 N–H and O–H groups in total. The Labute approximate surface area is 68.4 Å². The molecule has 1 aliphatic rings. The molecule has 0 spiro atoms. The van der Waals surface area contributed by atoms with E-state index in [4.69, 9.17) is 11.0 Å². The summed E-state index contributed by atoms with van der Waals surface area (Å²) in [6, 6.07) is 2.20. The topological polar surface area (TPSA) is 49.8 Å². The minimum absolute atomic E-state index is 0.402. The van der Waals surface area contributed by atoms with Crippen LogP contribution < -0.4 is 5.73 Å². The van der Waals surface area contributed by atoms with Crippen molar-refractivity contribution in [3.05, 3.63) is 0 Å². The van der Waals surface area contributed by atoms with Crippen molar-refractivity contribution >= 4 is 0 Å². The molecule has 2 nitrogen and oxygen atoms in total. The fraction of sp³-hybridized carbons (Fsp3) is 0.889. The van der Waals surface area contributed by atoms with Crippen LogP contribution in [0.5, 0.6) is 0 Å². The van der Waals surface area contributed by atoms with Gasteiger partial charge in [0.05, 0.1) is 6.07 Å². The quantitative estimate of drug-likeness (QED) is 0.575. The van der Waals surface area contributed by atoms with Crippen molar-refractivity contribution in [2.24, 2.45) is 11.1 Å². The summed E-state index contributed by atoms with van der Waals surface area (Å²) < 4.78 is 0. The summed E-state index contributed by atoms with van der Waals surface area (Å²) in [6.45, 7) is 4.48. The summed E-state index contributed by atoms with van der Waals surface area (Å²) in [5.41, 5.74) is 5.70. The zero-order valence-corrected chi connectivity index (χ0v) is 7.35. The van der Waals surface area contributed by atoms with Gasteiger partial charge in [-0.3, -0.25) is 0 Å². The third-order valence-corrected chi connectivity index (χ3v) is 2.72. The molecule has 0 aliphatic heterocycles. The van der Waals surface area contributed by atoms with Gasteiger partial charge in [0.2, 0.25) is 0 Å². The minimum atomic E-state index is -0.518. The molecule has 62 valence electrons. The zero-order valence-electron chi connectivity index (χ0n) is 7.35. The SMILES string of the molecule is CC1(C)CCC(N)(C#N)CC1. The number of nitrogens with zero attached hydrogens (tertiary/aromatic N) is 1. The van der Waals surface area contributed by atoms with E-state index in [9.17, 15) is 0 Å². The van der Waals surface area contributed by atoms with Gasteiger partial charge >= 0.3 is 0 Å². The lowest BCUT2D eigenvalue weighted by Gasteiger charge is -2.36. The zero-order chi connectivity index (χ0) is 8.54. The Kier molecular flexibility index (Phi) is 1.94. The molecule has 0 aromatic rings. The highest BCUT2D eigenvalue weighted by molar-refractivity contribution is 5.07. The predicted octanol–water partition coefficient (Wildman–Crippen LogP) is 1.81. The summed E-state index contributed by atoms with van der Waals surface area (Å²) >= 11 is 0. The predicted molar refractivity (Wildman–Crippen MR) is 44.8 cm³/mol. The van der Waals surface area contributed by atoms with Gasteiger partial charge in [-0.05, 0) is 31.1 Å². The van der Waals surface area contributed by atoms with Crippen LogP contribution in [0, 0.1) is 16.7 Å². The number of hydrogen-bond donors (Lipinski definition) is 1. The van der Waals surface area contributed by atoms with Gasteiger partial charge in [-0.2, -0.15) is 5.26 Å². The summed E-state index contributed by atoms with van der Waals surface area (Å²) in [5, 5.41) is 8.75. The molecule has 0 aromatic carbocycles. The van der Waals surface area contributed by atoms with Crippen molar-refractivity contribution in [1.82, 2.24) is 0 Å². The van der Waals surface area contributed by atoms with Crippen LogP contribution in [0.1, 0.15) is 39.5 Å². The molecule has 11 heavy (non-hydrogen) atoms. The summed E-state index contributed by atoms with van der Waals surface area (Å²) in [5.74, 6) is 0. The lowest BCUT2D eigenvalue weighted by molar-refractivity contribution is 0.196. The van der Waals surface area contributed by atoms with E-state index in [0.29, 0.717) is 5.41 Å². The normalized spacial score (nSPS) is 27.5. The van der Waals surface area contributed by atoms with E-state index >= 15 is 0 Å². The Morgan fingerprint density at radius 3 is 2.00 bits per heavy atom. The Balaban J connectivity index is 2.56. The molecule has 1 saturated carbocycles. The van der Waals surface area contributed by atoms with Crippen LogP contribution in [0.3, 0.4) is 0 Å². The molecule has 1 fully saturated rings. The van der Waals surface area contributed by atoms with Gasteiger partial charge < -0.3 is 5.73 Å². The summed E-state index contributed by atoms with van der Waals surface area (Å²) in [7, 11) is 0. The highest BCUT2D eigenvalue weighted by Crippen LogP contribution is 2.38. The molecule has 0 radical (unpaired) electrons. The molecular formula is C9H16N2. The molecule has 0 aromatic heterocycles. The van der Waals surface area contributed by atoms with Crippen molar-refractivity contribution in [1.29, 1.82) is 5.26 Å². The number of nitrogens with two attached hydrogens (primary N) is 1. The highest BCUT2D eigenvalue weighted by Gasteiger charge is 2.35. The third-order valence-electron chi connectivity index (χ3n) is 2.72. The lowest BCUT2D eigenvalue weighted by atomic mass is 9.70. The Morgan fingerprint density at radius 2 is 1.64 bits per heavy atom. The van der Waals surface area contributed by atoms with Gasteiger partial charge in [0.25, 0.3) is 0 Å². The van der Waals surface area contributed by atoms with E-state index < -0.39 is 5.54 Å². The molecule has 0 unspecified atom stereocenters. The fourth-order valence-corrected chi connectivity index (χ4v) is 1.48. The summed E-state index contributed by atoms with van der Waals surface area (Å²) in [4.78, 5) is 0. The van der Waals surface area contributed by atoms with Crippen molar-refractivity contribution < 1.29 is 0 Å². The number of rotatable bonds is 0. The molecule has 2 heteroatoms. The van der Waals surface area contributed by atoms with Crippen molar-refractivity contribution in [2.45, 2.75) is 45.1 Å². The van der Waals surface area contributed by atoms with Crippen LogP contribution in [0.2, 0.25) is 0 Å². The van der Waals surface area contributed by atoms with Crippen LogP contribution in [0.15, 0.2) is 0 Å². The van der Waals surface area contributed by atoms with Gasteiger partial charge in [0, 0.05) is 0 Å². The van der Waals surface area contributed by atoms with Crippen molar-refractivity contribution in [3.8, 4) is 6.07 Å². The molecule has 0 atom stereocenters. The molecule has 0 amide bonds. The van der Waals surface area contributed by atoms with E-state index in [0.717, 1.165) is 25.7 Å². The van der Waals surface area contributed by atoms with Crippen LogP contribution in [-0.4, -0.2) is 5.54 Å². The fourth-order valence-electron chi connectivity index (χ4n) is 1.48. The van der Waals surface area contributed by atoms with Gasteiger partial charge in [-0.15, -0.1) is 0 Å². The van der Waals surface area contributed by atoms with E-state index in [1.165, 1.54) is 0 Å². The first-order valence-corrected chi connectivity index (χ1v) is 4.18. The Bertz CT molecular complexity index is 178. The van der Waals surface area contributed by atoms with Crippen LogP contribution in [0.4, 0.5) is 0 Å². The lowest BCUT2D eigenvalue weighted by Crippen LogP contribution is -2.43. The largest absolute Gasteiger partial charge is 0.313 e. The average Bonchev–Trinajstić information content (AvgIpc) is 1.97. The van der Waals surface area contributed by atoms with Crippen LogP contribution in [-0.2, 0) is 0 Å². The van der Waals surface area contributed by atoms with E-state index in [1.807, 2.05) is 0 Å². The standard InChI is InChI=1S/C9H16N2/c1-8(2)3-5-9(11,7-10)6-4-8/h3-6,11H2,1-2H3. The smallest absolute Gasteiger partial charge is 0.104 e. The molecular weight excluding hydrogens is 136 g/mol. The Hall–Kier alpha value is -0.550. The first kappa shape index (κ1) is 8.55. The van der Waals surface area contributed by atoms with Crippen LogP contribution >= 0.6 is 0 Å². The van der Waals surface area contributed by atoms with Crippen LogP contribution in [0.25, 0.3) is 0 Å². The van der Waals surface area contributed by atoms with Gasteiger partial charge in [-0.25, -0.2) is 0 Å². The molecule has 0 heterocycles. The number of nitriles is 1. The first-order valence-electron chi connectivity index (χ1n) is 4.18. The molecule has 1 aliphatic carbocycles. The third kappa shape index (κ3) is 1.94. The monoisotopic (exact) mass is 152 g/mol. The van der Waals surface area contributed by atoms with Gasteiger partial charge in [-0.1, -0.05) is 13.8 Å². The van der Waals surface area contributed by atoms with E-state index in [-0.39, 0.29) is 0 Å².